The number of benzene rings is 5. The molecule has 186 valence electrons. The van der Waals surface area contributed by atoms with Crippen molar-refractivity contribution in [1.29, 1.82) is 0 Å². The number of aromatic nitrogens is 2. The lowest BCUT2D eigenvalue weighted by Crippen LogP contribution is -1.93. The molecule has 39 heavy (non-hydrogen) atoms. The number of nitrogens with one attached hydrogen (secondary N) is 1. The third-order valence-electron chi connectivity index (χ3n) is 7.51. The molecule has 5 aromatic carbocycles. The van der Waals surface area contributed by atoms with Crippen LogP contribution in [0.3, 0.4) is 0 Å². The van der Waals surface area contributed by atoms with E-state index < -0.39 is 0 Å². The predicted octanol–water partition coefficient (Wildman–Crippen LogP) is 10.2. The van der Waals surface area contributed by atoms with E-state index in [1.54, 1.807) is 0 Å². The second-order valence-corrected chi connectivity index (χ2v) is 9.86. The largest absolute Gasteiger partial charge is 0.361 e. The second-order valence-electron chi connectivity index (χ2n) is 9.86. The molecule has 2 aromatic heterocycles. The molecule has 0 aliphatic rings. The molecule has 0 fully saturated rings. The van der Waals surface area contributed by atoms with Crippen molar-refractivity contribution in [3.63, 3.8) is 0 Å². The smallest absolute Gasteiger partial charge is 0.0541 e. The van der Waals surface area contributed by atoms with E-state index >= 15 is 0 Å². The molecule has 2 nitrogen and oxygen atoms in total. The number of hydrogen-bond donors (Lipinski definition) is 1. The van der Waals surface area contributed by atoms with Crippen molar-refractivity contribution in [2.45, 2.75) is 6.92 Å². The first-order chi connectivity index (χ1) is 19.3. The van der Waals surface area contributed by atoms with Gasteiger partial charge in [-0.1, -0.05) is 97.1 Å². The number of para-hydroxylation sites is 2. The van der Waals surface area contributed by atoms with Crippen LogP contribution < -0.4 is 0 Å². The van der Waals surface area contributed by atoms with Gasteiger partial charge in [-0.15, -0.1) is 0 Å². The van der Waals surface area contributed by atoms with Crippen LogP contribution >= 0.6 is 0 Å². The highest BCUT2D eigenvalue weighted by molar-refractivity contribution is 6.11. The molecule has 0 radical (unpaired) electrons. The Labute approximate surface area is 228 Å². The summed E-state index contributed by atoms with van der Waals surface area (Å²) in [7, 11) is 0. The van der Waals surface area contributed by atoms with Crippen molar-refractivity contribution in [3.05, 3.63) is 145 Å². The average molecular weight is 501 g/mol. The van der Waals surface area contributed by atoms with Crippen molar-refractivity contribution < 1.29 is 0 Å². The van der Waals surface area contributed by atoms with Crippen molar-refractivity contribution in [3.8, 4) is 27.9 Å². The van der Waals surface area contributed by atoms with Crippen LogP contribution in [0.2, 0.25) is 0 Å². The number of nitrogens with zero attached hydrogens (tertiary/aromatic N) is 1. The molecule has 7 aromatic rings. The maximum atomic E-state index is 3.50. The molecule has 0 aliphatic heterocycles. The van der Waals surface area contributed by atoms with Crippen LogP contribution in [-0.4, -0.2) is 9.55 Å². The van der Waals surface area contributed by atoms with Gasteiger partial charge < -0.3 is 9.55 Å². The van der Waals surface area contributed by atoms with E-state index in [9.17, 15) is 0 Å². The number of H-pyrrole nitrogens is 1. The lowest BCUT2D eigenvalue weighted by molar-refractivity contribution is 1.18. The summed E-state index contributed by atoms with van der Waals surface area (Å²) < 4.78 is 2.37. The fraction of sp³-hybridized carbons (Fsp3) is 0.0270. The molecule has 0 saturated carbocycles. The Balaban J connectivity index is 1.50. The molecule has 0 aliphatic carbocycles. The molecule has 0 spiro atoms. The molecule has 1 N–H and O–H groups in total. The zero-order chi connectivity index (χ0) is 26.2. The third-order valence-corrected chi connectivity index (χ3v) is 7.51. The van der Waals surface area contributed by atoms with Gasteiger partial charge in [-0.25, -0.2) is 0 Å². The summed E-state index contributed by atoms with van der Waals surface area (Å²) in [5.74, 6) is 0. The number of allylic oxidation sites excluding steroid dienone is 3. The SMILES string of the molecule is C/C=C\C=C/c1c[nH]c2cc(-c3ccccc3)c(-c3ccc4c(c3)c3ccccc3n4-c3ccccc3)cc12. The van der Waals surface area contributed by atoms with E-state index in [1.807, 2.05) is 13.0 Å². The van der Waals surface area contributed by atoms with Gasteiger partial charge in [-0.05, 0) is 77.2 Å². The first-order valence-corrected chi connectivity index (χ1v) is 13.4. The third kappa shape index (κ3) is 3.98. The van der Waals surface area contributed by atoms with Crippen LogP contribution in [0.5, 0.6) is 0 Å². The second kappa shape index (κ2) is 9.66. The number of hydrogen-bond acceptors (Lipinski definition) is 0. The zero-order valence-corrected chi connectivity index (χ0v) is 21.8. The molecule has 0 atom stereocenters. The van der Waals surface area contributed by atoms with Crippen molar-refractivity contribution in [1.82, 2.24) is 9.55 Å². The van der Waals surface area contributed by atoms with Crippen molar-refractivity contribution >= 4 is 38.8 Å². The van der Waals surface area contributed by atoms with Gasteiger partial charge in [-0.2, -0.15) is 0 Å². The van der Waals surface area contributed by atoms with E-state index in [2.05, 4.69) is 149 Å². The zero-order valence-electron chi connectivity index (χ0n) is 21.8. The summed E-state index contributed by atoms with van der Waals surface area (Å²) in [5, 5.41) is 3.74. The Morgan fingerprint density at radius 1 is 0.590 bits per heavy atom. The summed E-state index contributed by atoms with van der Waals surface area (Å²) in [4.78, 5) is 3.50. The van der Waals surface area contributed by atoms with Gasteiger partial charge in [-0.3, -0.25) is 0 Å². The summed E-state index contributed by atoms with van der Waals surface area (Å²) >= 11 is 0. The molecule has 0 saturated heterocycles. The van der Waals surface area contributed by atoms with Crippen LogP contribution in [-0.2, 0) is 0 Å². The standard InChI is InChI=1S/C37H28N2/c1-2-3-6-15-28-25-38-35-24-32(26-13-7-4-8-14-26)31(23-33(28)35)27-20-21-37-34(22-27)30-18-11-12-19-36(30)39(37)29-16-9-5-10-17-29/h2-25,38H,1H3/b3-2-,15-6-. The lowest BCUT2D eigenvalue weighted by Gasteiger charge is -2.13. The number of aromatic amines is 1. The summed E-state index contributed by atoms with van der Waals surface area (Å²) in [6.07, 6.45) is 10.5. The van der Waals surface area contributed by atoms with Crippen LogP contribution in [0.4, 0.5) is 0 Å². The minimum Gasteiger partial charge on any atom is -0.361 e. The van der Waals surface area contributed by atoms with Gasteiger partial charge in [0.25, 0.3) is 0 Å². The quantitative estimate of drug-likeness (QED) is 0.227. The summed E-state index contributed by atoms with van der Waals surface area (Å²) in [6.45, 7) is 2.04. The molecule has 2 heteroatoms. The van der Waals surface area contributed by atoms with Crippen molar-refractivity contribution in [2.24, 2.45) is 0 Å². The predicted molar refractivity (Wildman–Crippen MR) is 167 cm³/mol. The van der Waals surface area contributed by atoms with E-state index in [0.29, 0.717) is 0 Å². The Morgan fingerprint density at radius 3 is 2.13 bits per heavy atom. The molecular weight excluding hydrogens is 472 g/mol. The Bertz CT molecular complexity index is 2000. The topological polar surface area (TPSA) is 20.7 Å². The fourth-order valence-corrected chi connectivity index (χ4v) is 5.69. The van der Waals surface area contributed by atoms with Crippen LogP contribution in [0.1, 0.15) is 12.5 Å². The van der Waals surface area contributed by atoms with Gasteiger partial charge >= 0.3 is 0 Å². The highest BCUT2D eigenvalue weighted by Gasteiger charge is 2.16. The normalized spacial score (nSPS) is 12.0. The highest BCUT2D eigenvalue weighted by atomic mass is 15.0. The number of fused-ring (bicyclic) bond motifs is 4. The van der Waals surface area contributed by atoms with Crippen LogP contribution in [0.15, 0.2) is 140 Å². The van der Waals surface area contributed by atoms with Gasteiger partial charge in [0.2, 0.25) is 0 Å². The molecule has 7 rings (SSSR count). The van der Waals surface area contributed by atoms with Gasteiger partial charge in [0, 0.05) is 33.6 Å². The Kier molecular flexibility index (Phi) is 5.71. The first kappa shape index (κ1) is 23.1. The molecular formula is C37H28N2. The van der Waals surface area contributed by atoms with Crippen LogP contribution in [0.25, 0.3) is 66.7 Å². The van der Waals surface area contributed by atoms with E-state index in [1.165, 1.54) is 60.7 Å². The maximum Gasteiger partial charge on any atom is 0.0541 e. The monoisotopic (exact) mass is 500 g/mol. The molecule has 0 amide bonds. The van der Waals surface area contributed by atoms with E-state index in [4.69, 9.17) is 0 Å². The van der Waals surface area contributed by atoms with Gasteiger partial charge in [0.15, 0.2) is 0 Å². The molecule has 2 heterocycles. The Morgan fingerprint density at radius 2 is 1.31 bits per heavy atom. The summed E-state index contributed by atoms with van der Waals surface area (Å²) in [6, 6.07) is 41.6. The Hall–Kier alpha value is -5.08. The lowest BCUT2D eigenvalue weighted by atomic mass is 9.91. The molecule has 0 unspecified atom stereocenters. The highest BCUT2D eigenvalue weighted by Crippen LogP contribution is 2.40. The maximum absolute atomic E-state index is 3.50. The number of rotatable bonds is 5. The summed E-state index contributed by atoms with van der Waals surface area (Å²) in [5.41, 5.74) is 10.8. The van der Waals surface area contributed by atoms with Crippen LogP contribution in [0, 0.1) is 0 Å². The van der Waals surface area contributed by atoms with E-state index in [0.717, 1.165) is 5.52 Å². The minimum absolute atomic E-state index is 1.14. The van der Waals surface area contributed by atoms with E-state index in [-0.39, 0.29) is 0 Å². The average Bonchev–Trinajstić information content (AvgIpc) is 3.55. The fourth-order valence-electron chi connectivity index (χ4n) is 5.69. The van der Waals surface area contributed by atoms with Gasteiger partial charge in [0.1, 0.15) is 0 Å². The van der Waals surface area contributed by atoms with Crippen molar-refractivity contribution in [2.75, 3.05) is 0 Å². The molecule has 0 bridgehead atoms. The first-order valence-electron chi connectivity index (χ1n) is 13.4. The van der Waals surface area contributed by atoms with Gasteiger partial charge in [0.05, 0.1) is 11.0 Å². The minimum atomic E-state index is 1.14.